The summed E-state index contributed by atoms with van der Waals surface area (Å²) in [6.07, 6.45) is 0.638. The number of carbonyl (C=O) groups excluding carboxylic acids is 2. The second-order valence-electron chi connectivity index (χ2n) is 6.91. The minimum Gasteiger partial charge on any atom is -0.381 e. The van der Waals surface area contributed by atoms with Crippen molar-refractivity contribution in [3.05, 3.63) is 35.4 Å². The van der Waals surface area contributed by atoms with Gasteiger partial charge in [-0.3, -0.25) is 9.59 Å². The molecule has 1 unspecified atom stereocenters. The number of benzene rings is 1. The Hall–Kier alpha value is -2.02. The molecule has 0 aliphatic rings. The number of ether oxygens (including phenoxy) is 1. The molecule has 0 saturated carbocycles. The Bertz CT molecular complexity index is 586. The van der Waals surface area contributed by atoms with Crippen LogP contribution in [0.1, 0.15) is 44.5 Å². The molecule has 0 radical (unpaired) electrons. The molecule has 0 aromatic heterocycles. The lowest BCUT2D eigenvalue weighted by Gasteiger charge is -2.22. The Balaban J connectivity index is 2.57. The Labute approximate surface area is 153 Å². The first kappa shape index (κ1) is 22.0. The van der Waals surface area contributed by atoms with Crippen molar-refractivity contribution in [2.45, 2.75) is 40.2 Å². The van der Waals surface area contributed by atoms with Crippen molar-refractivity contribution in [1.82, 2.24) is 10.6 Å². The van der Waals surface area contributed by atoms with Crippen LogP contribution in [0.15, 0.2) is 18.2 Å². The summed E-state index contributed by atoms with van der Waals surface area (Å²) in [7, 11) is 0. The zero-order valence-electron chi connectivity index (χ0n) is 15.8. The smallest absolute Gasteiger partial charge is 0.257 e. The van der Waals surface area contributed by atoms with Crippen LogP contribution in [0.25, 0.3) is 0 Å². The van der Waals surface area contributed by atoms with Crippen molar-refractivity contribution in [3.63, 3.8) is 0 Å². The highest BCUT2D eigenvalue weighted by Crippen LogP contribution is 2.13. The summed E-state index contributed by atoms with van der Waals surface area (Å²) in [5, 5.41) is 5.14. The van der Waals surface area contributed by atoms with Crippen LogP contribution in [0.5, 0.6) is 0 Å². The fourth-order valence-corrected chi connectivity index (χ4v) is 2.28. The van der Waals surface area contributed by atoms with Gasteiger partial charge in [0.25, 0.3) is 5.91 Å². The third kappa shape index (κ3) is 7.07. The molecule has 2 amide bonds. The standard InChI is InChI=1S/C19H28F2N2O3/c1-12(2)11-26-10-6-9-22-19(25)17(13(3)4)23-18(24)16-14(20)7-5-8-15(16)21/h5,7-8,12-13,17H,6,9-11H2,1-4H3,(H,22,25)(H,23,24). The molecular formula is C19H28F2N2O3. The van der Waals surface area contributed by atoms with Gasteiger partial charge >= 0.3 is 0 Å². The molecule has 0 saturated heterocycles. The third-order valence-corrected chi connectivity index (χ3v) is 3.64. The summed E-state index contributed by atoms with van der Waals surface area (Å²) in [5.74, 6) is -3.07. The van der Waals surface area contributed by atoms with Crippen LogP contribution in [0, 0.1) is 23.5 Å². The number of nitrogens with one attached hydrogen (secondary N) is 2. The molecule has 5 nitrogen and oxygen atoms in total. The maximum absolute atomic E-state index is 13.7. The maximum Gasteiger partial charge on any atom is 0.257 e. The summed E-state index contributed by atoms with van der Waals surface area (Å²) in [6, 6.07) is 2.28. The van der Waals surface area contributed by atoms with E-state index < -0.39 is 35.1 Å². The van der Waals surface area contributed by atoms with Gasteiger partial charge in [-0.1, -0.05) is 33.8 Å². The lowest BCUT2D eigenvalue weighted by molar-refractivity contribution is -0.124. The maximum atomic E-state index is 13.7. The summed E-state index contributed by atoms with van der Waals surface area (Å²) in [4.78, 5) is 24.5. The van der Waals surface area contributed by atoms with E-state index in [0.717, 1.165) is 12.1 Å². The van der Waals surface area contributed by atoms with Crippen LogP contribution < -0.4 is 10.6 Å². The fourth-order valence-electron chi connectivity index (χ4n) is 2.28. The molecule has 146 valence electrons. The zero-order valence-corrected chi connectivity index (χ0v) is 15.8. The first-order valence-corrected chi connectivity index (χ1v) is 8.84. The molecule has 1 aromatic rings. The molecular weight excluding hydrogens is 342 g/mol. The van der Waals surface area contributed by atoms with Gasteiger partial charge in [0.2, 0.25) is 5.91 Å². The Morgan fingerprint density at radius 2 is 1.73 bits per heavy atom. The van der Waals surface area contributed by atoms with E-state index in [9.17, 15) is 18.4 Å². The normalized spacial score (nSPS) is 12.3. The largest absolute Gasteiger partial charge is 0.381 e. The van der Waals surface area contributed by atoms with Gasteiger partial charge in [-0.25, -0.2) is 8.78 Å². The molecule has 0 bridgehead atoms. The van der Waals surface area contributed by atoms with Gasteiger partial charge in [0, 0.05) is 19.8 Å². The van der Waals surface area contributed by atoms with Crippen molar-refractivity contribution in [2.24, 2.45) is 11.8 Å². The first-order valence-electron chi connectivity index (χ1n) is 8.84. The van der Waals surface area contributed by atoms with E-state index in [1.807, 2.05) is 0 Å². The van der Waals surface area contributed by atoms with Gasteiger partial charge < -0.3 is 15.4 Å². The lowest BCUT2D eigenvalue weighted by Crippen LogP contribution is -2.50. The summed E-state index contributed by atoms with van der Waals surface area (Å²) < 4.78 is 32.9. The Morgan fingerprint density at radius 1 is 1.12 bits per heavy atom. The van der Waals surface area contributed by atoms with Crippen molar-refractivity contribution in [3.8, 4) is 0 Å². The van der Waals surface area contributed by atoms with Gasteiger partial charge in [-0.15, -0.1) is 0 Å². The highest BCUT2D eigenvalue weighted by molar-refractivity contribution is 5.98. The molecule has 1 aromatic carbocycles. The molecule has 0 heterocycles. The summed E-state index contributed by atoms with van der Waals surface area (Å²) >= 11 is 0. The molecule has 1 rings (SSSR count). The number of amides is 2. The highest BCUT2D eigenvalue weighted by Gasteiger charge is 2.26. The van der Waals surface area contributed by atoms with E-state index in [-0.39, 0.29) is 5.92 Å². The van der Waals surface area contributed by atoms with E-state index in [4.69, 9.17) is 4.74 Å². The second kappa shape index (κ2) is 10.9. The van der Waals surface area contributed by atoms with Crippen molar-refractivity contribution < 1.29 is 23.1 Å². The number of halogens is 2. The van der Waals surface area contributed by atoms with E-state index in [1.54, 1.807) is 13.8 Å². The molecule has 0 spiro atoms. The van der Waals surface area contributed by atoms with E-state index >= 15 is 0 Å². The summed E-state index contributed by atoms with van der Waals surface area (Å²) in [5.41, 5.74) is -0.687. The van der Waals surface area contributed by atoms with Crippen LogP contribution >= 0.6 is 0 Å². The van der Waals surface area contributed by atoms with Crippen molar-refractivity contribution in [1.29, 1.82) is 0 Å². The van der Waals surface area contributed by atoms with Gasteiger partial charge in [-0.2, -0.15) is 0 Å². The van der Waals surface area contributed by atoms with Crippen LogP contribution in [0.4, 0.5) is 8.78 Å². The molecule has 1 atom stereocenters. The lowest BCUT2D eigenvalue weighted by atomic mass is 10.0. The van der Waals surface area contributed by atoms with E-state index in [1.165, 1.54) is 6.07 Å². The van der Waals surface area contributed by atoms with Crippen LogP contribution in [-0.2, 0) is 9.53 Å². The SMILES string of the molecule is CC(C)COCCCNC(=O)C(NC(=O)c1c(F)cccc1F)C(C)C. The monoisotopic (exact) mass is 370 g/mol. The predicted molar refractivity (Wildman–Crippen MR) is 95.7 cm³/mol. The molecule has 26 heavy (non-hydrogen) atoms. The predicted octanol–water partition coefficient (Wildman–Crippen LogP) is 2.90. The topological polar surface area (TPSA) is 67.4 Å². The van der Waals surface area contributed by atoms with Gasteiger partial charge in [0.1, 0.15) is 23.2 Å². The van der Waals surface area contributed by atoms with Gasteiger partial charge in [0.15, 0.2) is 0 Å². The average Bonchev–Trinajstić information content (AvgIpc) is 2.54. The number of hydrogen-bond acceptors (Lipinski definition) is 3. The van der Waals surface area contributed by atoms with Crippen LogP contribution in [0.2, 0.25) is 0 Å². The molecule has 0 aliphatic heterocycles. The quantitative estimate of drug-likeness (QED) is 0.623. The molecule has 0 fully saturated rings. The van der Waals surface area contributed by atoms with E-state index in [2.05, 4.69) is 24.5 Å². The average molecular weight is 370 g/mol. The van der Waals surface area contributed by atoms with Crippen molar-refractivity contribution in [2.75, 3.05) is 19.8 Å². The van der Waals surface area contributed by atoms with Gasteiger partial charge in [-0.05, 0) is 30.4 Å². The minimum atomic E-state index is -0.965. The number of hydrogen-bond donors (Lipinski definition) is 2. The molecule has 2 N–H and O–H groups in total. The zero-order chi connectivity index (χ0) is 19.7. The molecule has 7 heteroatoms. The number of rotatable bonds is 10. The second-order valence-corrected chi connectivity index (χ2v) is 6.91. The third-order valence-electron chi connectivity index (χ3n) is 3.64. The van der Waals surface area contributed by atoms with E-state index in [0.29, 0.717) is 32.1 Å². The fraction of sp³-hybridized carbons (Fsp3) is 0.579. The summed E-state index contributed by atoms with van der Waals surface area (Å²) in [6.45, 7) is 9.17. The Kier molecular flexibility index (Phi) is 9.19. The Morgan fingerprint density at radius 3 is 2.27 bits per heavy atom. The first-order chi connectivity index (χ1) is 12.2. The van der Waals surface area contributed by atoms with Crippen LogP contribution in [-0.4, -0.2) is 37.6 Å². The minimum absolute atomic E-state index is 0.244. The van der Waals surface area contributed by atoms with Crippen LogP contribution in [0.3, 0.4) is 0 Å². The molecule has 0 aliphatic carbocycles. The number of carbonyl (C=O) groups is 2. The van der Waals surface area contributed by atoms with Crippen molar-refractivity contribution >= 4 is 11.8 Å². The van der Waals surface area contributed by atoms with Gasteiger partial charge in [0.05, 0.1) is 0 Å². The highest BCUT2D eigenvalue weighted by atomic mass is 19.1.